The molecule has 0 amide bonds. The Balaban J connectivity index is 1.67. The van der Waals surface area contributed by atoms with Gasteiger partial charge in [-0.3, -0.25) is 0 Å². The molecular formula is C10H12O4. The van der Waals surface area contributed by atoms with Crippen LogP contribution in [0.2, 0.25) is 0 Å². The molecule has 0 aromatic carbocycles. The molecule has 0 spiro atoms. The molecule has 14 heavy (non-hydrogen) atoms. The van der Waals surface area contributed by atoms with Gasteiger partial charge in [0.05, 0.1) is 0 Å². The normalized spacial score (nSPS) is 20.9. The molecule has 2 saturated carbocycles. The first-order valence-electron chi connectivity index (χ1n) is 4.83. The van der Waals surface area contributed by atoms with E-state index < -0.39 is 11.9 Å². The van der Waals surface area contributed by atoms with Crippen LogP contribution in [0, 0.1) is 0 Å². The van der Waals surface area contributed by atoms with E-state index in [0.717, 1.165) is 37.8 Å². The van der Waals surface area contributed by atoms with Crippen molar-refractivity contribution in [3.05, 3.63) is 12.2 Å². The van der Waals surface area contributed by atoms with E-state index >= 15 is 0 Å². The fraction of sp³-hybridized carbons (Fsp3) is 0.600. The summed E-state index contributed by atoms with van der Waals surface area (Å²) in [5.41, 5.74) is 0. The average molecular weight is 196 g/mol. The van der Waals surface area contributed by atoms with Gasteiger partial charge in [0, 0.05) is 12.2 Å². The Hall–Kier alpha value is -1.32. The van der Waals surface area contributed by atoms with Crippen molar-refractivity contribution in [2.24, 2.45) is 0 Å². The zero-order valence-electron chi connectivity index (χ0n) is 7.77. The Labute approximate surface area is 81.9 Å². The first kappa shape index (κ1) is 9.24. The Morgan fingerprint density at radius 2 is 1.21 bits per heavy atom. The van der Waals surface area contributed by atoms with Gasteiger partial charge in [-0.05, 0) is 25.7 Å². The monoisotopic (exact) mass is 196 g/mol. The molecule has 2 rings (SSSR count). The lowest BCUT2D eigenvalue weighted by Crippen LogP contribution is -2.06. The van der Waals surface area contributed by atoms with Crippen LogP contribution in [0.25, 0.3) is 0 Å². The maximum atomic E-state index is 11.0. The van der Waals surface area contributed by atoms with Crippen LogP contribution in [0.1, 0.15) is 25.7 Å². The molecule has 2 aliphatic rings. The van der Waals surface area contributed by atoms with Gasteiger partial charge in [-0.2, -0.15) is 0 Å². The summed E-state index contributed by atoms with van der Waals surface area (Å²) in [6, 6.07) is 0. The summed E-state index contributed by atoms with van der Waals surface area (Å²) in [4.78, 5) is 22.0. The van der Waals surface area contributed by atoms with Gasteiger partial charge in [-0.25, -0.2) is 9.59 Å². The first-order chi connectivity index (χ1) is 6.74. The van der Waals surface area contributed by atoms with E-state index in [9.17, 15) is 9.59 Å². The lowest BCUT2D eigenvalue weighted by Gasteiger charge is -1.97. The van der Waals surface area contributed by atoms with Crippen LogP contribution in [0.4, 0.5) is 0 Å². The van der Waals surface area contributed by atoms with E-state index in [4.69, 9.17) is 9.47 Å². The van der Waals surface area contributed by atoms with Crippen molar-refractivity contribution in [1.82, 2.24) is 0 Å². The molecule has 0 N–H and O–H groups in total. The highest BCUT2D eigenvalue weighted by Gasteiger charge is 2.26. The van der Waals surface area contributed by atoms with Crippen LogP contribution in [0.5, 0.6) is 0 Å². The third kappa shape index (κ3) is 3.20. The molecular weight excluding hydrogens is 184 g/mol. The third-order valence-electron chi connectivity index (χ3n) is 1.97. The molecule has 76 valence electrons. The Morgan fingerprint density at radius 1 is 0.857 bits per heavy atom. The first-order valence-corrected chi connectivity index (χ1v) is 4.83. The highest BCUT2D eigenvalue weighted by molar-refractivity contribution is 5.91. The maximum Gasteiger partial charge on any atom is 0.331 e. The smallest absolute Gasteiger partial charge is 0.331 e. The predicted octanol–water partition coefficient (Wildman–Crippen LogP) is 0.954. The SMILES string of the molecule is O=C(/C=C\C(=O)OC1CC1)OC1CC1. The molecule has 0 unspecified atom stereocenters. The Bertz CT molecular complexity index is 246. The Kier molecular flexibility index (Phi) is 2.52. The minimum atomic E-state index is -0.458. The topological polar surface area (TPSA) is 52.6 Å². The van der Waals surface area contributed by atoms with E-state index in [1.165, 1.54) is 0 Å². The van der Waals surface area contributed by atoms with Crippen LogP contribution in [0.15, 0.2) is 12.2 Å². The highest BCUT2D eigenvalue weighted by Crippen LogP contribution is 2.24. The molecule has 4 heteroatoms. The summed E-state index contributed by atoms with van der Waals surface area (Å²) in [5.74, 6) is -0.916. The predicted molar refractivity (Wildman–Crippen MR) is 47.4 cm³/mol. The van der Waals surface area contributed by atoms with Gasteiger partial charge in [0.15, 0.2) is 0 Å². The van der Waals surface area contributed by atoms with E-state index in [1.54, 1.807) is 0 Å². The second-order valence-electron chi connectivity index (χ2n) is 3.61. The molecule has 0 aromatic rings. The van der Waals surface area contributed by atoms with Gasteiger partial charge in [0.25, 0.3) is 0 Å². The summed E-state index contributed by atoms with van der Waals surface area (Å²) < 4.78 is 9.80. The van der Waals surface area contributed by atoms with Gasteiger partial charge in [-0.1, -0.05) is 0 Å². The van der Waals surface area contributed by atoms with E-state index in [2.05, 4.69) is 0 Å². The molecule has 0 aromatic heterocycles. The van der Waals surface area contributed by atoms with Gasteiger partial charge in [-0.15, -0.1) is 0 Å². The standard InChI is InChI=1S/C10H12O4/c11-9(13-7-1-2-7)5-6-10(12)14-8-3-4-8/h5-8H,1-4H2/b6-5-. The molecule has 0 radical (unpaired) electrons. The zero-order chi connectivity index (χ0) is 9.97. The lowest BCUT2D eigenvalue weighted by molar-refractivity contribution is -0.141. The van der Waals surface area contributed by atoms with Crippen molar-refractivity contribution in [2.45, 2.75) is 37.9 Å². The Morgan fingerprint density at radius 3 is 1.50 bits per heavy atom. The summed E-state index contributed by atoms with van der Waals surface area (Å²) in [7, 11) is 0. The molecule has 2 fully saturated rings. The second-order valence-corrected chi connectivity index (χ2v) is 3.61. The number of carbonyl (C=O) groups is 2. The highest BCUT2D eigenvalue weighted by atomic mass is 16.6. The largest absolute Gasteiger partial charge is 0.459 e. The molecule has 2 aliphatic carbocycles. The van der Waals surface area contributed by atoms with Crippen molar-refractivity contribution in [1.29, 1.82) is 0 Å². The quantitative estimate of drug-likeness (QED) is 0.496. The number of hydrogen-bond acceptors (Lipinski definition) is 4. The minimum absolute atomic E-state index is 0.0756. The number of ether oxygens (including phenoxy) is 2. The third-order valence-corrected chi connectivity index (χ3v) is 1.97. The van der Waals surface area contributed by atoms with Crippen LogP contribution in [-0.2, 0) is 19.1 Å². The molecule has 4 nitrogen and oxygen atoms in total. The van der Waals surface area contributed by atoms with Crippen molar-refractivity contribution in [3.8, 4) is 0 Å². The number of hydrogen-bond donors (Lipinski definition) is 0. The van der Waals surface area contributed by atoms with Crippen molar-refractivity contribution < 1.29 is 19.1 Å². The van der Waals surface area contributed by atoms with E-state index in [0.29, 0.717) is 0 Å². The number of rotatable bonds is 4. The van der Waals surface area contributed by atoms with E-state index in [-0.39, 0.29) is 12.2 Å². The molecule has 0 bridgehead atoms. The minimum Gasteiger partial charge on any atom is -0.459 e. The maximum absolute atomic E-state index is 11.0. The second kappa shape index (κ2) is 3.82. The molecule has 0 aliphatic heterocycles. The van der Waals surface area contributed by atoms with Crippen LogP contribution >= 0.6 is 0 Å². The van der Waals surface area contributed by atoms with Crippen molar-refractivity contribution in [2.75, 3.05) is 0 Å². The van der Waals surface area contributed by atoms with Crippen molar-refractivity contribution in [3.63, 3.8) is 0 Å². The lowest BCUT2D eigenvalue weighted by atomic mass is 10.5. The summed E-state index contributed by atoms with van der Waals surface area (Å²) >= 11 is 0. The fourth-order valence-corrected chi connectivity index (χ4v) is 0.915. The molecule has 0 heterocycles. The molecule has 0 saturated heterocycles. The number of esters is 2. The van der Waals surface area contributed by atoms with Crippen LogP contribution in [-0.4, -0.2) is 24.1 Å². The number of carbonyl (C=O) groups excluding carboxylic acids is 2. The van der Waals surface area contributed by atoms with Crippen LogP contribution < -0.4 is 0 Å². The summed E-state index contributed by atoms with van der Waals surface area (Å²) in [6.07, 6.45) is 6.15. The van der Waals surface area contributed by atoms with Gasteiger partial charge in [0.2, 0.25) is 0 Å². The summed E-state index contributed by atoms with van der Waals surface area (Å²) in [5, 5.41) is 0. The van der Waals surface area contributed by atoms with Crippen molar-refractivity contribution >= 4 is 11.9 Å². The fourth-order valence-electron chi connectivity index (χ4n) is 0.915. The summed E-state index contributed by atoms with van der Waals surface area (Å²) in [6.45, 7) is 0. The average Bonchev–Trinajstić information content (AvgIpc) is 2.96. The van der Waals surface area contributed by atoms with Crippen LogP contribution in [0.3, 0.4) is 0 Å². The van der Waals surface area contributed by atoms with E-state index in [1.807, 2.05) is 0 Å². The molecule has 0 atom stereocenters. The zero-order valence-corrected chi connectivity index (χ0v) is 7.77. The van der Waals surface area contributed by atoms with Gasteiger partial charge >= 0.3 is 11.9 Å². The van der Waals surface area contributed by atoms with Gasteiger partial charge in [0.1, 0.15) is 12.2 Å². The van der Waals surface area contributed by atoms with Gasteiger partial charge < -0.3 is 9.47 Å².